The Hall–Kier alpha value is -4.19. The molecule has 0 bridgehead atoms. The number of carbonyl (C=O) groups is 2. The number of para-hydroxylation sites is 2. The summed E-state index contributed by atoms with van der Waals surface area (Å²) in [6, 6.07) is 20.1. The number of halogens is 1. The fraction of sp³-hybridized carbons (Fsp3) is 0.154. The Morgan fingerprint density at radius 3 is 2.79 bits per heavy atom. The summed E-state index contributed by atoms with van der Waals surface area (Å²) in [5.41, 5.74) is 3.39. The van der Waals surface area contributed by atoms with E-state index in [1.54, 1.807) is 39.8 Å². The van der Waals surface area contributed by atoms with Crippen molar-refractivity contribution in [1.29, 1.82) is 0 Å². The summed E-state index contributed by atoms with van der Waals surface area (Å²) in [5.74, 6) is 0.612. The topological polar surface area (TPSA) is 115 Å². The molecule has 0 unspecified atom stereocenters. The highest BCUT2D eigenvalue weighted by molar-refractivity contribution is 7.19. The van der Waals surface area contributed by atoms with Crippen LogP contribution >= 0.6 is 22.9 Å². The van der Waals surface area contributed by atoms with Gasteiger partial charge in [0.15, 0.2) is 5.76 Å². The largest absolute Gasteiger partial charge is 0.419 e. The van der Waals surface area contributed by atoms with Gasteiger partial charge in [-0.25, -0.2) is 4.79 Å². The molecule has 1 aliphatic rings. The van der Waals surface area contributed by atoms with E-state index in [0.29, 0.717) is 40.1 Å². The second-order valence-electron chi connectivity index (χ2n) is 8.54. The maximum atomic E-state index is 12.8. The number of ether oxygens (including phenoxy) is 1. The van der Waals surface area contributed by atoms with Crippen LogP contribution in [0.1, 0.15) is 5.69 Å². The molecule has 4 heterocycles. The molecule has 1 saturated heterocycles. The van der Waals surface area contributed by atoms with Gasteiger partial charge < -0.3 is 19.5 Å². The zero-order valence-electron chi connectivity index (χ0n) is 19.9. The molecule has 10 nitrogen and oxygen atoms in total. The van der Waals surface area contributed by atoms with Gasteiger partial charge in [0.2, 0.25) is 5.91 Å². The summed E-state index contributed by atoms with van der Waals surface area (Å²) in [6.07, 6.45) is -0.693. The number of anilines is 2. The van der Waals surface area contributed by atoms with E-state index in [4.69, 9.17) is 20.9 Å². The van der Waals surface area contributed by atoms with Crippen LogP contribution in [0, 0.1) is 0 Å². The lowest BCUT2D eigenvalue weighted by Gasteiger charge is -2.27. The highest BCUT2D eigenvalue weighted by atomic mass is 35.5. The monoisotopic (exact) mass is 548 g/mol. The lowest BCUT2D eigenvalue weighted by atomic mass is 10.2. The average molecular weight is 549 g/mol. The zero-order chi connectivity index (χ0) is 26.1. The predicted octanol–water partition coefficient (Wildman–Crippen LogP) is 5.00. The number of rotatable bonds is 6. The van der Waals surface area contributed by atoms with Crippen molar-refractivity contribution in [2.45, 2.75) is 6.54 Å². The fourth-order valence-electron chi connectivity index (χ4n) is 4.23. The number of nitrogens with one attached hydrogen (secondary N) is 2. The lowest BCUT2D eigenvalue weighted by molar-refractivity contribution is -0.118. The van der Waals surface area contributed by atoms with Gasteiger partial charge >= 0.3 is 12.1 Å². The quantitative estimate of drug-likeness (QED) is 0.307. The Balaban J connectivity index is 1.19. The van der Waals surface area contributed by atoms with E-state index in [-0.39, 0.29) is 18.5 Å². The number of nitrogens with zero attached hydrogens (tertiary/aromatic N) is 4. The molecule has 6 rings (SSSR count). The number of thiophene rings is 1. The van der Waals surface area contributed by atoms with E-state index >= 15 is 0 Å². The number of imidazole rings is 1. The van der Waals surface area contributed by atoms with Crippen molar-refractivity contribution in [1.82, 2.24) is 20.0 Å². The van der Waals surface area contributed by atoms with Gasteiger partial charge in [0.1, 0.15) is 5.69 Å². The highest BCUT2D eigenvalue weighted by Crippen LogP contribution is 2.32. The minimum Gasteiger partial charge on any atom is -0.375 e. The van der Waals surface area contributed by atoms with Crippen LogP contribution in [0.25, 0.3) is 21.7 Å². The molecule has 0 saturated carbocycles. The normalized spacial score (nSPS) is 13.7. The standard InChI is InChI=1S/C26H21ClN6O4S/c27-23-10-9-22(38-23)21-13-17(31-37-21)15-33-20-4-2-1-3-19(20)30-25(33)36-26(35)29-16-5-7-18(8-6-16)32-12-11-28-14-24(32)34/h1-10,13,28H,11-12,14-15H2,(H,29,35). The number of hydrogen-bond donors (Lipinski definition) is 2. The molecular weight excluding hydrogens is 528 g/mol. The molecule has 0 aliphatic carbocycles. The van der Waals surface area contributed by atoms with E-state index in [9.17, 15) is 9.59 Å². The van der Waals surface area contributed by atoms with E-state index in [0.717, 1.165) is 22.6 Å². The van der Waals surface area contributed by atoms with Gasteiger partial charge in [-0.2, -0.15) is 4.98 Å². The predicted molar refractivity (Wildman–Crippen MR) is 145 cm³/mol. The second kappa shape index (κ2) is 10.3. The van der Waals surface area contributed by atoms with E-state index in [1.165, 1.54) is 11.3 Å². The Bertz CT molecular complexity index is 1630. The number of fused-ring (bicyclic) bond motifs is 1. The molecule has 3 aromatic heterocycles. The third-order valence-electron chi connectivity index (χ3n) is 6.01. The van der Waals surface area contributed by atoms with Crippen LogP contribution in [-0.2, 0) is 11.3 Å². The molecule has 2 amide bonds. The number of aromatic nitrogens is 3. The van der Waals surface area contributed by atoms with Crippen LogP contribution < -0.4 is 20.3 Å². The minimum absolute atomic E-state index is 0.00805. The molecular formula is C26H21ClN6O4S. The maximum absolute atomic E-state index is 12.8. The molecule has 12 heteroatoms. The zero-order valence-corrected chi connectivity index (χ0v) is 21.5. The molecule has 1 aliphatic heterocycles. The molecule has 0 spiro atoms. The number of hydrogen-bond acceptors (Lipinski definition) is 8. The van der Waals surface area contributed by atoms with Gasteiger partial charge in [-0.15, -0.1) is 11.3 Å². The third kappa shape index (κ3) is 4.99. The van der Waals surface area contributed by atoms with Gasteiger partial charge in [0.25, 0.3) is 0 Å². The number of amides is 2. The van der Waals surface area contributed by atoms with Crippen LogP contribution in [0.3, 0.4) is 0 Å². The van der Waals surface area contributed by atoms with E-state index < -0.39 is 6.09 Å². The lowest BCUT2D eigenvalue weighted by Crippen LogP contribution is -2.48. The van der Waals surface area contributed by atoms with Crippen molar-refractivity contribution >= 4 is 57.3 Å². The van der Waals surface area contributed by atoms with Gasteiger partial charge in [0.05, 0.1) is 33.3 Å². The number of benzene rings is 2. The van der Waals surface area contributed by atoms with Crippen LogP contribution in [0.2, 0.25) is 4.34 Å². The Morgan fingerprint density at radius 1 is 1.16 bits per heavy atom. The van der Waals surface area contributed by atoms with Crippen LogP contribution in [0.15, 0.2) is 71.3 Å². The molecule has 38 heavy (non-hydrogen) atoms. The molecule has 192 valence electrons. The van der Waals surface area contributed by atoms with Gasteiger partial charge in [0, 0.05) is 30.5 Å². The fourth-order valence-corrected chi connectivity index (χ4v) is 5.22. The van der Waals surface area contributed by atoms with Crippen molar-refractivity contribution in [2.75, 3.05) is 29.9 Å². The highest BCUT2D eigenvalue weighted by Gasteiger charge is 2.20. The molecule has 2 N–H and O–H groups in total. The summed E-state index contributed by atoms with van der Waals surface area (Å²) >= 11 is 7.44. The van der Waals surface area contributed by atoms with Crippen molar-refractivity contribution in [3.63, 3.8) is 0 Å². The number of carbonyl (C=O) groups excluding carboxylic acids is 2. The van der Waals surface area contributed by atoms with Crippen molar-refractivity contribution in [3.8, 4) is 16.6 Å². The molecule has 2 aromatic carbocycles. The smallest absolute Gasteiger partial charge is 0.375 e. The van der Waals surface area contributed by atoms with Crippen molar-refractivity contribution < 1.29 is 18.8 Å². The molecule has 0 atom stereocenters. The summed E-state index contributed by atoms with van der Waals surface area (Å²) in [7, 11) is 0. The van der Waals surface area contributed by atoms with Crippen LogP contribution in [0.4, 0.5) is 16.2 Å². The first-order chi connectivity index (χ1) is 18.5. The van der Waals surface area contributed by atoms with Crippen molar-refractivity contribution in [3.05, 3.63) is 76.8 Å². The van der Waals surface area contributed by atoms with Crippen molar-refractivity contribution in [2.24, 2.45) is 0 Å². The van der Waals surface area contributed by atoms with Crippen LogP contribution in [0.5, 0.6) is 6.01 Å². The molecule has 0 radical (unpaired) electrons. The SMILES string of the molecule is O=C(Nc1ccc(N2CCNCC2=O)cc1)Oc1nc2ccccc2n1Cc1cc(-c2ccc(Cl)s2)on1. The number of piperazine rings is 1. The van der Waals surface area contributed by atoms with E-state index in [1.807, 2.05) is 36.4 Å². The summed E-state index contributed by atoms with van der Waals surface area (Å²) in [4.78, 5) is 32.0. The Labute approximate surface area is 225 Å². The molecule has 1 fully saturated rings. The summed E-state index contributed by atoms with van der Waals surface area (Å²) in [5, 5.41) is 9.94. The minimum atomic E-state index is -0.693. The Kier molecular flexibility index (Phi) is 6.54. The first-order valence-electron chi connectivity index (χ1n) is 11.8. The summed E-state index contributed by atoms with van der Waals surface area (Å²) < 4.78 is 13.5. The van der Waals surface area contributed by atoms with E-state index in [2.05, 4.69) is 20.8 Å². The third-order valence-corrected chi connectivity index (χ3v) is 7.26. The second-order valence-corrected chi connectivity index (χ2v) is 10.3. The first kappa shape index (κ1) is 24.2. The van der Waals surface area contributed by atoms with Crippen LogP contribution in [-0.4, -0.2) is 46.3 Å². The average Bonchev–Trinajstić information content (AvgIpc) is 3.64. The van der Waals surface area contributed by atoms with Gasteiger partial charge in [-0.05, 0) is 48.5 Å². The Morgan fingerprint density at radius 2 is 2.00 bits per heavy atom. The summed E-state index contributed by atoms with van der Waals surface area (Å²) in [6.45, 7) is 1.92. The van der Waals surface area contributed by atoms with Gasteiger partial charge in [-0.1, -0.05) is 28.9 Å². The first-order valence-corrected chi connectivity index (χ1v) is 13.0. The molecule has 5 aromatic rings. The maximum Gasteiger partial charge on any atom is 0.419 e. The van der Waals surface area contributed by atoms with Gasteiger partial charge in [-0.3, -0.25) is 14.7 Å².